The van der Waals surface area contributed by atoms with Gasteiger partial charge in [-0.05, 0) is 67.1 Å². The minimum Gasteiger partial charge on any atom is -0.312 e. The molecule has 2 aromatic heterocycles. The lowest BCUT2D eigenvalue weighted by Crippen LogP contribution is -2.39. The number of amidine groups is 1. The third-order valence-electron chi connectivity index (χ3n) is 5.73. The molecular weight excluding hydrogens is 406 g/mol. The summed E-state index contributed by atoms with van der Waals surface area (Å²) in [4.78, 5) is 12.0. The summed E-state index contributed by atoms with van der Waals surface area (Å²) in [7, 11) is 0. The smallest absolute Gasteiger partial charge is 0.164 e. The van der Waals surface area contributed by atoms with E-state index in [1.54, 1.807) is 0 Å². The average molecular weight is 424 g/mol. The molecule has 0 bridgehead atoms. The van der Waals surface area contributed by atoms with E-state index >= 15 is 0 Å². The van der Waals surface area contributed by atoms with Crippen LogP contribution in [0.1, 0.15) is 28.6 Å². The van der Waals surface area contributed by atoms with Crippen LogP contribution >= 0.6 is 11.6 Å². The van der Waals surface area contributed by atoms with Crippen LogP contribution in [-0.2, 0) is 0 Å². The lowest BCUT2D eigenvalue weighted by Gasteiger charge is -2.38. The van der Waals surface area contributed by atoms with Gasteiger partial charge in [0.2, 0.25) is 0 Å². The minimum absolute atomic E-state index is 0.129. The highest BCUT2D eigenvalue weighted by molar-refractivity contribution is 6.30. The molecule has 0 amide bonds. The molecule has 1 unspecified atom stereocenters. The predicted molar refractivity (Wildman–Crippen MR) is 124 cm³/mol. The van der Waals surface area contributed by atoms with Crippen LogP contribution in [0.15, 0.2) is 84.0 Å². The number of hydrogen-bond acceptors (Lipinski definition) is 4. The summed E-state index contributed by atoms with van der Waals surface area (Å²) >= 11 is 6.11. The topological polar surface area (TPSA) is 46.3 Å². The number of aromatic nitrogens is 3. The summed E-state index contributed by atoms with van der Waals surface area (Å²) in [6, 6.07) is 21.9. The van der Waals surface area contributed by atoms with E-state index in [-0.39, 0.29) is 6.04 Å². The number of fused-ring (bicyclic) bond motifs is 4. The van der Waals surface area contributed by atoms with Crippen LogP contribution in [0.5, 0.6) is 0 Å². The number of rotatable bonds is 2. The number of aryl methyl sites for hydroxylation is 1. The maximum Gasteiger partial charge on any atom is 0.164 e. The van der Waals surface area contributed by atoms with Crippen molar-refractivity contribution in [3.05, 3.63) is 107 Å². The Morgan fingerprint density at radius 3 is 2.52 bits per heavy atom. The van der Waals surface area contributed by atoms with Gasteiger partial charge in [0.1, 0.15) is 11.9 Å². The Morgan fingerprint density at radius 1 is 0.903 bits per heavy atom. The molecule has 31 heavy (non-hydrogen) atoms. The van der Waals surface area contributed by atoms with Crippen LogP contribution in [0, 0.1) is 6.92 Å². The molecule has 2 aliphatic rings. The van der Waals surface area contributed by atoms with Crippen LogP contribution < -0.4 is 4.90 Å². The zero-order chi connectivity index (χ0) is 20.9. The van der Waals surface area contributed by atoms with Gasteiger partial charge in [-0.15, -0.1) is 0 Å². The van der Waals surface area contributed by atoms with E-state index in [9.17, 15) is 0 Å². The standard InChI is InChI=1S/C25H18ClN5/c1-16-23-24(20-7-4-5-15-27-20)30-21-8-3-2-6-17(21)9-14-22(30)28-25(23)31(29-16)19-12-10-18(26)11-13-19/h2-15,24H,1H3. The highest BCUT2D eigenvalue weighted by atomic mass is 35.5. The van der Waals surface area contributed by atoms with Gasteiger partial charge in [-0.2, -0.15) is 5.10 Å². The summed E-state index contributed by atoms with van der Waals surface area (Å²) < 4.78 is 1.90. The molecular formula is C25H18ClN5. The van der Waals surface area contributed by atoms with Crippen molar-refractivity contribution in [3.63, 3.8) is 0 Å². The maximum atomic E-state index is 6.11. The second-order valence-electron chi connectivity index (χ2n) is 7.60. The SMILES string of the molecule is Cc1nn(-c2ccc(Cl)cc2)c2c1C(c1ccccn1)N1C(=N2)C=Cc2ccccc21. The Bertz CT molecular complexity index is 1350. The monoisotopic (exact) mass is 423 g/mol. The van der Waals surface area contributed by atoms with Crippen molar-refractivity contribution in [2.45, 2.75) is 13.0 Å². The number of hydrogen-bond donors (Lipinski definition) is 0. The first-order valence-corrected chi connectivity index (χ1v) is 10.5. The van der Waals surface area contributed by atoms with Gasteiger partial charge in [-0.1, -0.05) is 35.9 Å². The predicted octanol–water partition coefficient (Wildman–Crippen LogP) is 5.90. The number of nitrogens with zero attached hydrogens (tertiary/aromatic N) is 5. The molecule has 4 aromatic rings. The molecule has 0 radical (unpaired) electrons. The van der Waals surface area contributed by atoms with Crippen LogP contribution in [0.3, 0.4) is 0 Å². The van der Waals surface area contributed by atoms with Gasteiger partial charge in [0.15, 0.2) is 5.82 Å². The average Bonchev–Trinajstić information content (AvgIpc) is 3.14. The van der Waals surface area contributed by atoms with Crippen molar-refractivity contribution in [2.75, 3.05) is 4.90 Å². The van der Waals surface area contributed by atoms with Crippen LogP contribution in [-0.4, -0.2) is 20.6 Å². The number of anilines is 1. The normalized spacial score (nSPS) is 16.4. The highest BCUT2D eigenvalue weighted by Gasteiger charge is 2.38. The van der Waals surface area contributed by atoms with Gasteiger partial charge in [0.25, 0.3) is 0 Å². The Kier molecular flexibility index (Phi) is 4.04. The molecule has 2 aromatic carbocycles. The zero-order valence-electron chi connectivity index (χ0n) is 16.8. The summed E-state index contributed by atoms with van der Waals surface area (Å²) in [5, 5.41) is 5.56. The molecule has 6 rings (SSSR count). The van der Waals surface area contributed by atoms with E-state index in [0.717, 1.165) is 45.5 Å². The Labute approximate surface area is 185 Å². The number of pyridine rings is 1. The zero-order valence-corrected chi connectivity index (χ0v) is 17.5. The van der Waals surface area contributed by atoms with Gasteiger partial charge in [0.05, 0.1) is 22.8 Å². The molecule has 150 valence electrons. The van der Waals surface area contributed by atoms with Crippen molar-refractivity contribution < 1.29 is 0 Å². The molecule has 5 nitrogen and oxygen atoms in total. The third-order valence-corrected chi connectivity index (χ3v) is 5.98. The first-order valence-electron chi connectivity index (χ1n) is 10.1. The first-order chi connectivity index (χ1) is 15.2. The maximum absolute atomic E-state index is 6.11. The van der Waals surface area contributed by atoms with Crippen molar-refractivity contribution in [2.24, 2.45) is 4.99 Å². The number of halogens is 1. The molecule has 0 saturated carbocycles. The Morgan fingerprint density at radius 2 is 1.71 bits per heavy atom. The van der Waals surface area contributed by atoms with Crippen molar-refractivity contribution >= 4 is 35.0 Å². The highest BCUT2D eigenvalue weighted by Crippen LogP contribution is 2.46. The molecule has 0 aliphatic carbocycles. The van der Waals surface area contributed by atoms with E-state index in [0.29, 0.717) is 5.02 Å². The van der Waals surface area contributed by atoms with E-state index in [4.69, 9.17) is 26.7 Å². The molecule has 0 fully saturated rings. The Balaban J connectivity index is 1.63. The molecule has 0 N–H and O–H groups in total. The molecule has 1 atom stereocenters. The fourth-order valence-corrected chi connectivity index (χ4v) is 4.48. The fraction of sp³-hybridized carbons (Fsp3) is 0.0800. The van der Waals surface area contributed by atoms with Gasteiger partial charge in [-0.3, -0.25) is 4.98 Å². The summed E-state index contributed by atoms with van der Waals surface area (Å²) in [5.41, 5.74) is 6.14. The molecule has 2 aliphatic heterocycles. The van der Waals surface area contributed by atoms with Crippen LogP contribution in [0.2, 0.25) is 5.02 Å². The van der Waals surface area contributed by atoms with Gasteiger partial charge >= 0.3 is 0 Å². The van der Waals surface area contributed by atoms with Gasteiger partial charge in [0, 0.05) is 16.8 Å². The number of para-hydroxylation sites is 1. The molecule has 0 saturated heterocycles. The number of aliphatic imine (C=N–C) groups is 1. The quantitative estimate of drug-likeness (QED) is 0.403. The summed E-state index contributed by atoms with van der Waals surface area (Å²) in [6.07, 6.45) is 6.02. The van der Waals surface area contributed by atoms with Gasteiger partial charge in [-0.25, -0.2) is 9.67 Å². The fourth-order valence-electron chi connectivity index (χ4n) is 4.35. The lowest BCUT2D eigenvalue weighted by atomic mass is 9.95. The molecule has 0 spiro atoms. The lowest BCUT2D eigenvalue weighted by molar-refractivity contribution is 0.784. The summed E-state index contributed by atoms with van der Waals surface area (Å²) in [6.45, 7) is 2.04. The second kappa shape index (κ2) is 6.93. The largest absolute Gasteiger partial charge is 0.312 e. The van der Waals surface area contributed by atoms with Crippen molar-refractivity contribution in [1.82, 2.24) is 14.8 Å². The Hall–Kier alpha value is -3.70. The second-order valence-corrected chi connectivity index (χ2v) is 8.04. The minimum atomic E-state index is -0.129. The van der Waals surface area contributed by atoms with Crippen molar-refractivity contribution in [1.29, 1.82) is 0 Å². The third kappa shape index (κ3) is 2.81. The van der Waals surface area contributed by atoms with Gasteiger partial charge < -0.3 is 4.90 Å². The van der Waals surface area contributed by atoms with E-state index in [1.807, 2.05) is 54.2 Å². The number of benzene rings is 2. The van der Waals surface area contributed by atoms with E-state index < -0.39 is 0 Å². The molecule has 6 heteroatoms. The van der Waals surface area contributed by atoms with Crippen LogP contribution in [0.4, 0.5) is 11.5 Å². The van der Waals surface area contributed by atoms with Crippen molar-refractivity contribution in [3.8, 4) is 5.69 Å². The molecule has 4 heterocycles. The van der Waals surface area contributed by atoms with E-state index in [1.165, 1.54) is 0 Å². The first kappa shape index (κ1) is 18.1. The van der Waals surface area contributed by atoms with E-state index in [2.05, 4.69) is 47.4 Å². The summed E-state index contributed by atoms with van der Waals surface area (Å²) in [5.74, 6) is 1.70. The van der Waals surface area contributed by atoms with Crippen LogP contribution in [0.25, 0.3) is 11.8 Å².